The molecule has 28 heavy (non-hydrogen) atoms. The molecule has 2 aromatic rings. The van der Waals surface area contributed by atoms with Crippen molar-refractivity contribution in [1.29, 1.82) is 0 Å². The first-order valence-corrected chi connectivity index (χ1v) is 10.8. The number of halogens is 3. The lowest BCUT2D eigenvalue weighted by molar-refractivity contribution is -0.0299. The summed E-state index contributed by atoms with van der Waals surface area (Å²) in [5.41, 5.74) is 0.769. The summed E-state index contributed by atoms with van der Waals surface area (Å²) in [6.45, 7) is 2.11. The molecule has 2 heterocycles. The van der Waals surface area contributed by atoms with E-state index in [0.29, 0.717) is 17.6 Å². The molecule has 1 saturated heterocycles. The fourth-order valence-electron chi connectivity index (χ4n) is 4.02. The zero-order valence-corrected chi connectivity index (χ0v) is 16.0. The van der Waals surface area contributed by atoms with Crippen molar-refractivity contribution in [2.24, 2.45) is 0 Å². The number of hydrogen-bond donors (Lipinski definition) is 0. The number of para-hydroxylation sites is 1. The average molecular weight is 414 g/mol. The summed E-state index contributed by atoms with van der Waals surface area (Å²) < 4.78 is 67.1. The average Bonchev–Trinajstić information content (AvgIpc) is 3.13. The Hall–Kier alpha value is -1.71. The Morgan fingerprint density at radius 3 is 2.50 bits per heavy atom. The summed E-state index contributed by atoms with van der Waals surface area (Å²) in [6.07, 6.45) is 5.00. The molecule has 152 valence electrons. The molecule has 1 aliphatic carbocycles. The van der Waals surface area contributed by atoms with E-state index < -0.39 is 21.1 Å². The largest absolute Gasteiger partial charge is 0.414 e. The minimum Gasteiger partial charge on any atom is -0.299 e. The molecule has 9 heteroatoms. The lowest BCUT2D eigenvalue weighted by atomic mass is 9.79. The van der Waals surface area contributed by atoms with Gasteiger partial charge in [-0.15, -0.1) is 0 Å². The Balaban J connectivity index is 1.90. The van der Waals surface area contributed by atoms with Gasteiger partial charge in [0.25, 0.3) is 0 Å². The standard InChI is InChI=1S/C19H21F3N2O3S/c20-19(21,28(25,26)27-22)17-11-14(12-24-9-1-2-10-24)16-8-4-7-15(18(16)23-17)13-5-3-6-13/h4,7-8,11,13H,1-3,5-6,9-10,12H2. The molecule has 0 N–H and O–H groups in total. The summed E-state index contributed by atoms with van der Waals surface area (Å²) in [4.78, 5) is 6.14. The highest BCUT2D eigenvalue weighted by atomic mass is 32.2. The number of hydrogen-bond acceptors (Lipinski definition) is 5. The van der Waals surface area contributed by atoms with Gasteiger partial charge >= 0.3 is 15.4 Å². The van der Waals surface area contributed by atoms with E-state index in [2.05, 4.69) is 14.3 Å². The molecule has 0 bridgehead atoms. The van der Waals surface area contributed by atoms with Crippen molar-refractivity contribution in [1.82, 2.24) is 9.88 Å². The maximum Gasteiger partial charge on any atom is 0.414 e. The number of pyridine rings is 1. The number of aromatic nitrogens is 1. The second-order valence-corrected chi connectivity index (χ2v) is 9.10. The van der Waals surface area contributed by atoms with Crippen molar-refractivity contribution in [3.8, 4) is 0 Å². The lowest BCUT2D eigenvalue weighted by Gasteiger charge is -2.27. The predicted molar refractivity (Wildman–Crippen MR) is 97.9 cm³/mol. The zero-order valence-electron chi connectivity index (χ0n) is 15.2. The quantitative estimate of drug-likeness (QED) is 0.702. The van der Waals surface area contributed by atoms with Crippen molar-refractivity contribution in [2.75, 3.05) is 13.1 Å². The van der Waals surface area contributed by atoms with Crippen LogP contribution in [0.15, 0.2) is 24.3 Å². The fourth-order valence-corrected chi connectivity index (χ4v) is 4.46. The van der Waals surface area contributed by atoms with Crippen LogP contribution in [-0.2, 0) is 26.3 Å². The minimum atomic E-state index is -5.76. The summed E-state index contributed by atoms with van der Waals surface area (Å²) in [6, 6.07) is 6.62. The van der Waals surface area contributed by atoms with Crippen LogP contribution >= 0.6 is 0 Å². The van der Waals surface area contributed by atoms with Gasteiger partial charge in [-0.2, -0.15) is 17.2 Å². The van der Waals surface area contributed by atoms with E-state index >= 15 is 0 Å². The van der Waals surface area contributed by atoms with Crippen molar-refractivity contribution < 1.29 is 26.1 Å². The maximum absolute atomic E-state index is 14.6. The van der Waals surface area contributed by atoms with E-state index in [9.17, 15) is 21.7 Å². The van der Waals surface area contributed by atoms with Gasteiger partial charge in [0.1, 0.15) is 5.69 Å². The summed E-state index contributed by atoms with van der Waals surface area (Å²) in [7, 11) is -5.76. The molecule has 1 aromatic heterocycles. The predicted octanol–water partition coefficient (Wildman–Crippen LogP) is 4.38. The third-order valence-electron chi connectivity index (χ3n) is 5.79. The molecular formula is C19H21F3N2O3S. The Labute approximate surface area is 161 Å². The molecule has 2 fully saturated rings. The highest BCUT2D eigenvalue weighted by Crippen LogP contribution is 2.42. The SMILES string of the molecule is O=S(=O)(OF)C(F)(F)c1cc(CN2CCCC2)c2cccc(C3CCC3)c2n1. The zero-order chi connectivity index (χ0) is 19.9. The second-order valence-electron chi connectivity index (χ2n) is 7.56. The van der Waals surface area contributed by atoms with Crippen LogP contribution in [0.2, 0.25) is 0 Å². The third-order valence-corrected chi connectivity index (χ3v) is 6.79. The second kappa shape index (κ2) is 7.27. The van der Waals surface area contributed by atoms with Gasteiger partial charge in [0.15, 0.2) is 0 Å². The molecule has 0 radical (unpaired) electrons. The number of likely N-dealkylation sites (tertiary alicyclic amines) is 1. The first-order chi connectivity index (χ1) is 13.3. The number of alkyl halides is 2. The smallest absolute Gasteiger partial charge is 0.299 e. The molecule has 1 saturated carbocycles. The summed E-state index contributed by atoms with van der Waals surface area (Å²) in [5, 5.41) is -3.85. The van der Waals surface area contributed by atoms with Gasteiger partial charge in [0.05, 0.1) is 5.52 Å². The van der Waals surface area contributed by atoms with Gasteiger partial charge in [-0.3, -0.25) is 4.90 Å². The van der Waals surface area contributed by atoms with Gasteiger partial charge in [-0.25, -0.2) is 4.98 Å². The first kappa shape index (κ1) is 19.6. The van der Waals surface area contributed by atoms with Gasteiger partial charge in [-0.05, 0) is 66.4 Å². The highest BCUT2D eigenvalue weighted by Gasteiger charge is 2.51. The normalized spacial score (nSPS) is 19.2. The molecule has 0 amide bonds. The molecule has 0 unspecified atom stereocenters. The van der Waals surface area contributed by atoms with Crippen LogP contribution in [0.1, 0.15) is 54.8 Å². The summed E-state index contributed by atoms with van der Waals surface area (Å²) in [5.74, 6) is 0.216. The van der Waals surface area contributed by atoms with Crippen LogP contribution < -0.4 is 0 Å². The third kappa shape index (κ3) is 3.29. The van der Waals surface area contributed by atoms with E-state index in [1.54, 1.807) is 0 Å². The molecule has 1 aliphatic heterocycles. The summed E-state index contributed by atoms with van der Waals surface area (Å²) >= 11 is 0. The number of fused-ring (bicyclic) bond motifs is 1. The van der Waals surface area contributed by atoms with Crippen LogP contribution in [0.25, 0.3) is 10.9 Å². The Morgan fingerprint density at radius 2 is 1.89 bits per heavy atom. The van der Waals surface area contributed by atoms with Crippen LogP contribution in [0.4, 0.5) is 13.3 Å². The van der Waals surface area contributed by atoms with E-state index in [0.717, 1.165) is 62.2 Å². The van der Waals surface area contributed by atoms with Crippen LogP contribution in [0.3, 0.4) is 0 Å². The van der Waals surface area contributed by atoms with Gasteiger partial charge < -0.3 is 0 Å². The van der Waals surface area contributed by atoms with Gasteiger partial charge in [0.2, 0.25) is 0 Å². The van der Waals surface area contributed by atoms with Crippen LogP contribution in [0, 0.1) is 0 Å². The lowest BCUT2D eigenvalue weighted by Crippen LogP contribution is -2.28. The van der Waals surface area contributed by atoms with E-state index in [-0.39, 0.29) is 5.92 Å². The van der Waals surface area contributed by atoms with Crippen molar-refractivity contribution >= 4 is 21.0 Å². The maximum atomic E-state index is 14.6. The van der Waals surface area contributed by atoms with Gasteiger partial charge in [0, 0.05) is 11.9 Å². The van der Waals surface area contributed by atoms with Crippen molar-refractivity contribution in [3.63, 3.8) is 0 Å². The van der Waals surface area contributed by atoms with Crippen LogP contribution in [-0.4, -0.2) is 31.4 Å². The molecule has 1 aromatic carbocycles. The van der Waals surface area contributed by atoms with E-state index in [1.807, 2.05) is 18.2 Å². The minimum absolute atomic E-state index is 0.216. The molecular weight excluding hydrogens is 393 g/mol. The number of rotatable bonds is 6. The molecule has 0 atom stereocenters. The molecule has 2 aliphatic rings. The van der Waals surface area contributed by atoms with E-state index in [1.165, 1.54) is 0 Å². The van der Waals surface area contributed by atoms with Crippen molar-refractivity contribution in [3.05, 3.63) is 41.1 Å². The first-order valence-electron chi connectivity index (χ1n) is 9.41. The Kier molecular flexibility index (Phi) is 5.09. The highest BCUT2D eigenvalue weighted by molar-refractivity contribution is 7.87. The Morgan fingerprint density at radius 1 is 1.18 bits per heavy atom. The Bertz CT molecular complexity index is 987. The molecule has 5 nitrogen and oxygen atoms in total. The molecule has 4 rings (SSSR count). The topological polar surface area (TPSA) is 59.5 Å². The van der Waals surface area contributed by atoms with Crippen molar-refractivity contribution in [2.45, 2.75) is 49.8 Å². The van der Waals surface area contributed by atoms with Crippen LogP contribution in [0.5, 0.6) is 0 Å². The number of benzene rings is 1. The van der Waals surface area contributed by atoms with E-state index in [4.69, 9.17) is 0 Å². The van der Waals surface area contributed by atoms with Gasteiger partial charge in [-0.1, -0.05) is 29.0 Å². The fraction of sp³-hybridized carbons (Fsp3) is 0.526. The molecule has 0 spiro atoms. The number of nitrogens with zero attached hydrogens (tertiary/aromatic N) is 2. The monoisotopic (exact) mass is 414 g/mol.